The van der Waals surface area contributed by atoms with Gasteiger partial charge in [0, 0.05) is 32.8 Å². The van der Waals surface area contributed by atoms with Gasteiger partial charge >= 0.3 is 0 Å². The number of rotatable bonds is 5. The molecule has 1 aliphatic heterocycles. The van der Waals surface area contributed by atoms with Crippen molar-refractivity contribution >= 4 is 16.0 Å². The SMILES string of the molecule is CN(C)c1nccc(CNS(=O)(=O)c2ccc3c(c2)OCCCO3)n1. The minimum Gasteiger partial charge on any atom is -0.490 e. The molecule has 0 saturated carbocycles. The highest BCUT2D eigenvalue weighted by molar-refractivity contribution is 7.89. The number of hydrogen-bond donors (Lipinski definition) is 1. The Balaban J connectivity index is 1.76. The minimum atomic E-state index is -3.70. The van der Waals surface area contributed by atoms with E-state index in [0.29, 0.717) is 36.4 Å². The highest BCUT2D eigenvalue weighted by atomic mass is 32.2. The van der Waals surface area contributed by atoms with Crippen LogP contribution in [0.4, 0.5) is 5.95 Å². The maximum atomic E-state index is 12.5. The summed E-state index contributed by atoms with van der Waals surface area (Å²) in [7, 11) is -0.0556. The zero-order valence-electron chi connectivity index (χ0n) is 14.1. The largest absolute Gasteiger partial charge is 0.490 e. The number of hydrogen-bond acceptors (Lipinski definition) is 7. The van der Waals surface area contributed by atoms with E-state index in [9.17, 15) is 8.42 Å². The summed E-state index contributed by atoms with van der Waals surface area (Å²) < 4.78 is 38.7. The molecule has 8 nitrogen and oxygen atoms in total. The first-order valence-corrected chi connectivity index (χ1v) is 9.32. The number of nitrogens with one attached hydrogen (secondary N) is 1. The van der Waals surface area contributed by atoms with E-state index in [1.807, 2.05) is 14.1 Å². The van der Waals surface area contributed by atoms with E-state index in [1.54, 1.807) is 23.2 Å². The predicted molar refractivity (Wildman–Crippen MR) is 92.4 cm³/mol. The molecule has 1 aliphatic rings. The van der Waals surface area contributed by atoms with Crippen molar-refractivity contribution in [2.24, 2.45) is 0 Å². The van der Waals surface area contributed by atoms with Gasteiger partial charge in [0.1, 0.15) is 0 Å². The van der Waals surface area contributed by atoms with Crippen LogP contribution in [-0.2, 0) is 16.6 Å². The molecule has 0 radical (unpaired) electrons. The molecular weight excluding hydrogens is 344 g/mol. The first-order chi connectivity index (χ1) is 12.0. The van der Waals surface area contributed by atoms with Crippen molar-refractivity contribution in [1.82, 2.24) is 14.7 Å². The second-order valence-corrected chi connectivity index (χ2v) is 7.49. The van der Waals surface area contributed by atoms with Crippen molar-refractivity contribution in [1.29, 1.82) is 0 Å². The van der Waals surface area contributed by atoms with Gasteiger partial charge in [-0.05, 0) is 18.2 Å². The fraction of sp³-hybridized carbons (Fsp3) is 0.375. The molecule has 0 aliphatic carbocycles. The topological polar surface area (TPSA) is 93.7 Å². The minimum absolute atomic E-state index is 0.0696. The molecule has 0 amide bonds. The summed E-state index contributed by atoms with van der Waals surface area (Å²) in [6.45, 7) is 1.12. The monoisotopic (exact) mass is 364 g/mol. The summed E-state index contributed by atoms with van der Waals surface area (Å²) in [5.41, 5.74) is 0.580. The van der Waals surface area contributed by atoms with Gasteiger partial charge in [0.15, 0.2) is 11.5 Å². The third-order valence-corrected chi connectivity index (χ3v) is 4.97. The second kappa shape index (κ2) is 7.24. The van der Waals surface area contributed by atoms with Gasteiger partial charge < -0.3 is 14.4 Å². The van der Waals surface area contributed by atoms with Crippen LogP contribution in [0.25, 0.3) is 0 Å². The van der Waals surface area contributed by atoms with E-state index < -0.39 is 10.0 Å². The maximum Gasteiger partial charge on any atom is 0.241 e. The van der Waals surface area contributed by atoms with Gasteiger partial charge in [-0.15, -0.1) is 0 Å². The van der Waals surface area contributed by atoms with Crippen molar-refractivity contribution in [3.8, 4) is 11.5 Å². The van der Waals surface area contributed by atoms with E-state index in [-0.39, 0.29) is 11.4 Å². The van der Waals surface area contributed by atoms with Crippen LogP contribution in [0.2, 0.25) is 0 Å². The summed E-state index contributed by atoms with van der Waals surface area (Å²) in [6.07, 6.45) is 2.36. The molecule has 0 unspecified atom stereocenters. The summed E-state index contributed by atoms with van der Waals surface area (Å²) in [6, 6.07) is 6.27. The van der Waals surface area contributed by atoms with Gasteiger partial charge in [0.25, 0.3) is 0 Å². The Kier molecular flexibility index (Phi) is 5.05. The quantitative estimate of drug-likeness (QED) is 0.851. The Labute approximate surface area is 146 Å². The normalized spacial score (nSPS) is 14.0. The highest BCUT2D eigenvalue weighted by Gasteiger charge is 2.19. The zero-order valence-corrected chi connectivity index (χ0v) is 14.9. The van der Waals surface area contributed by atoms with E-state index >= 15 is 0 Å². The van der Waals surface area contributed by atoms with Gasteiger partial charge in [-0.3, -0.25) is 0 Å². The molecular formula is C16H20N4O4S. The number of sulfonamides is 1. The van der Waals surface area contributed by atoms with Gasteiger partial charge in [-0.1, -0.05) is 0 Å². The molecule has 25 heavy (non-hydrogen) atoms. The molecule has 0 atom stereocenters. The van der Waals surface area contributed by atoms with Crippen molar-refractivity contribution in [2.75, 3.05) is 32.2 Å². The Hall–Kier alpha value is -2.39. The number of fused-ring (bicyclic) bond motifs is 1. The summed E-state index contributed by atoms with van der Waals surface area (Å²) in [5, 5.41) is 0. The van der Waals surface area contributed by atoms with Crippen LogP contribution in [0.1, 0.15) is 12.1 Å². The Morgan fingerprint density at radius 3 is 2.68 bits per heavy atom. The smallest absolute Gasteiger partial charge is 0.241 e. The lowest BCUT2D eigenvalue weighted by Gasteiger charge is -2.12. The molecule has 0 spiro atoms. The zero-order chi connectivity index (χ0) is 17.9. The number of aromatic nitrogens is 2. The lowest BCUT2D eigenvalue weighted by atomic mass is 10.3. The Bertz CT molecular complexity index is 855. The summed E-state index contributed by atoms with van der Waals surface area (Å²) in [5.74, 6) is 1.52. The number of benzene rings is 1. The number of anilines is 1. The van der Waals surface area contributed by atoms with E-state index in [4.69, 9.17) is 9.47 Å². The second-order valence-electron chi connectivity index (χ2n) is 5.73. The standard InChI is InChI=1S/C16H20N4O4S/c1-20(2)16-17-7-6-12(19-16)11-18-25(21,22)13-4-5-14-15(10-13)24-9-3-8-23-14/h4-7,10,18H,3,8-9,11H2,1-2H3. The van der Waals surface area contributed by atoms with Crippen LogP contribution in [-0.4, -0.2) is 45.7 Å². The summed E-state index contributed by atoms with van der Waals surface area (Å²) >= 11 is 0. The number of ether oxygens (including phenoxy) is 2. The van der Waals surface area contributed by atoms with Gasteiger partial charge in [0.2, 0.25) is 16.0 Å². The molecule has 2 heterocycles. The Morgan fingerprint density at radius 2 is 1.92 bits per heavy atom. The van der Waals surface area contributed by atoms with E-state index in [2.05, 4.69) is 14.7 Å². The van der Waals surface area contributed by atoms with Crippen LogP contribution in [0.15, 0.2) is 35.4 Å². The first-order valence-electron chi connectivity index (χ1n) is 7.84. The van der Waals surface area contributed by atoms with Gasteiger partial charge in [-0.25, -0.2) is 23.1 Å². The van der Waals surface area contributed by atoms with E-state index in [1.165, 1.54) is 12.1 Å². The van der Waals surface area contributed by atoms with Crippen LogP contribution in [0.3, 0.4) is 0 Å². The van der Waals surface area contributed by atoms with Crippen LogP contribution in [0.5, 0.6) is 11.5 Å². The predicted octanol–water partition coefficient (Wildman–Crippen LogP) is 1.18. The molecule has 2 aromatic rings. The third kappa shape index (κ3) is 4.18. The Morgan fingerprint density at radius 1 is 1.16 bits per heavy atom. The lowest BCUT2D eigenvalue weighted by molar-refractivity contribution is 0.297. The summed E-state index contributed by atoms with van der Waals surface area (Å²) in [4.78, 5) is 10.3. The van der Waals surface area contributed by atoms with Gasteiger partial charge in [-0.2, -0.15) is 0 Å². The van der Waals surface area contributed by atoms with Gasteiger partial charge in [0.05, 0.1) is 30.3 Å². The maximum absolute atomic E-state index is 12.5. The molecule has 1 aromatic heterocycles. The first kappa shape index (κ1) is 17.4. The van der Waals surface area contributed by atoms with Crippen LogP contribution in [0, 0.1) is 0 Å². The van der Waals surface area contributed by atoms with Crippen molar-refractivity contribution < 1.29 is 17.9 Å². The highest BCUT2D eigenvalue weighted by Crippen LogP contribution is 2.31. The molecule has 1 aromatic carbocycles. The fourth-order valence-corrected chi connectivity index (χ4v) is 3.28. The molecule has 0 fully saturated rings. The number of nitrogens with zero attached hydrogens (tertiary/aromatic N) is 3. The molecule has 0 saturated heterocycles. The molecule has 0 bridgehead atoms. The molecule has 9 heteroatoms. The van der Waals surface area contributed by atoms with Crippen molar-refractivity contribution in [3.05, 3.63) is 36.2 Å². The van der Waals surface area contributed by atoms with Crippen molar-refractivity contribution in [3.63, 3.8) is 0 Å². The molecule has 3 rings (SSSR count). The van der Waals surface area contributed by atoms with Crippen molar-refractivity contribution in [2.45, 2.75) is 17.9 Å². The molecule has 1 N–H and O–H groups in total. The average molecular weight is 364 g/mol. The van der Waals surface area contributed by atoms with E-state index in [0.717, 1.165) is 6.42 Å². The molecule has 134 valence electrons. The average Bonchev–Trinajstić information content (AvgIpc) is 2.85. The third-order valence-electron chi connectivity index (χ3n) is 3.57. The lowest BCUT2D eigenvalue weighted by Crippen LogP contribution is -2.24. The van der Waals surface area contributed by atoms with Crippen LogP contribution >= 0.6 is 0 Å². The fourth-order valence-electron chi connectivity index (χ4n) is 2.26. The van der Waals surface area contributed by atoms with Crippen LogP contribution < -0.4 is 19.1 Å².